The van der Waals surface area contributed by atoms with Crippen LogP contribution in [-0.4, -0.2) is 51.3 Å². The van der Waals surface area contributed by atoms with Crippen molar-refractivity contribution in [1.82, 2.24) is 19.8 Å². The highest BCUT2D eigenvalue weighted by molar-refractivity contribution is 5.74. The highest BCUT2D eigenvalue weighted by Gasteiger charge is 2.23. The molecule has 0 radical (unpaired) electrons. The monoisotopic (exact) mass is 260 g/mol. The van der Waals surface area contributed by atoms with Crippen molar-refractivity contribution in [2.75, 3.05) is 19.6 Å². The third kappa shape index (κ3) is 2.39. The fraction of sp³-hybridized carbons (Fsp3) is 0.385. The van der Waals surface area contributed by atoms with E-state index in [-0.39, 0.29) is 6.04 Å². The van der Waals surface area contributed by atoms with Crippen LogP contribution in [0.15, 0.2) is 30.6 Å². The lowest BCUT2D eigenvalue weighted by Crippen LogP contribution is -2.53. The van der Waals surface area contributed by atoms with Crippen LogP contribution in [0.4, 0.5) is 4.79 Å². The van der Waals surface area contributed by atoms with Crippen LogP contribution < -0.4 is 5.32 Å². The Morgan fingerprint density at radius 1 is 1.47 bits per heavy atom. The first kappa shape index (κ1) is 12.0. The van der Waals surface area contributed by atoms with Crippen molar-refractivity contribution in [3.8, 4) is 0 Å². The third-order valence-corrected chi connectivity index (χ3v) is 3.47. The largest absolute Gasteiger partial charge is 0.465 e. The van der Waals surface area contributed by atoms with Gasteiger partial charge in [0.05, 0.1) is 17.4 Å². The van der Waals surface area contributed by atoms with Crippen LogP contribution in [0, 0.1) is 0 Å². The predicted molar refractivity (Wildman–Crippen MR) is 71.1 cm³/mol. The molecule has 1 amide bonds. The molecule has 19 heavy (non-hydrogen) atoms. The Morgan fingerprint density at radius 2 is 2.32 bits per heavy atom. The molecule has 6 nitrogen and oxygen atoms in total. The van der Waals surface area contributed by atoms with Crippen LogP contribution in [0.2, 0.25) is 0 Å². The molecule has 0 saturated carbocycles. The summed E-state index contributed by atoms with van der Waals surface area (Å²) in [5.41, 5.74) is 2.05. The van der Waals surface area contributed by atoms with Gasteiger partial charge >= 0.3 is 6.09 Å². The molecule has 2 aromatic rings. The topological polar surface area (TPSA) is 70.4 Å². The van der Waals surface area contributed by atoms with Crippen molar-refractivity contribution >= 4 is 17.1 Å². The summed E-state index contributed by atoms with van der Waals surface area (Å²) in [6.07, 6.45) is 0.966. The molecule has 1 atom stereocenters. The number of hydrogen-bond donors (Lipinski definition) is 2. The van der Waals surface area contributed by atoms with E-state index in [1.165, 1.54) is 4.90 Å². The van der Waals surface area contributed by atoms with Crippen molar-refractivity contribution in [1.29, 1.82) is 0 Å². The Kier molecular flexibility index (Phi) is 3.08. The number of hydrogen-bond acceptors (Lipinski definition) is 3. The van der Waals surface area contributed by atoms with E-state index in [1.807, 2.05) is 30.6 Å². The minimum atomic E-state index is -0.845. The molecule has 1 aliphatic rings. The summed E-state index contributed by atoms with van der Waals surface area (Å²) < 4.78 is 2.07. The molecule has 1 aromatic carbocycles. The molecule has 100 valence electrons. The van der Waals surface area contributed by atoms with E-state index >= 15 is 0 Å². The molecule has 2 heterocycles. The Balaban J connectivity index is 1.76. The average Bonchev–Trinajstić information content (AvgIpc) is 2.83. The first-order valence-electron chi connectivity index (χ1n) is 6.35. The number of carbonyl (C=O) groups is 1. The molecule has 0 unspecified atom stereocenters. The van der Waals surface area contributed by atoms with Crippen LogP contribution in [0.25, 0.3) is 11.0 Å². The highest BCUT2D eigenvalue weighted by atomic mass is 16.4. The number of aromatic nitrogens is 2. The summed E-state index contributed by atoms with van der Waals surface area (Å²) in [4.78, 5) is 16.8. The lowest BCUT2D eigenvalue weighted by molar-refractivity contribution is 0.126. The Bertz CT molecular complexity index is 595. The Labute approximate surface area is 110 Å². The number of para-hydroxylation sites is 2. The van der Waals surface area contributed by atoms with Crippen LogP contribution >= 0.6 is 0 Å². The van der Waals surface area contributed by atoms with Gasteiger partial charge in [0.25, 0.3) is 0 Å². The standard InChI is InChI=1S/C13H16N4O2/c18-13(19)16-6-5-14-10(7-16)8-17-9-15-11-3-1-2-4-12(11)17/h1-4,9-10,14H,5-8H2,(H,18,19)/t10-/m1/s1. The van der Waals surface area contributed by atoms with E-state index in [2.05, 4.69) is 14.9 Å². The molecule has 0 bridgehead atoms. The molecule has 6 heteroatoms. The first-order chi connectivity index (χ1) is 9.24. The SMILES string of the molecule is O=C(O)N1CCN[C@@H](Cn2cnc3ccccc32)C1. The van der Waals surface area contributed by atoms with Gasteiger partial charge < -0.3 is 19.9 Å². The zero-order chi connectivity index (χ0) is 13.2. The smallest absolute Gasteiger partial charge is 0.407 e. The lowest BCUT2D eigenvalue weighted by atomic mass is 10.2. The molecular weight excluding hydrogens is 244 g/mol. The number of benzene rings is 1. The van der Waals surface area contributed by atoms with Crippen molar-refractivity contribution in [3.63, 3.8) is 0 Å². The minimum Gasteiger partial charge on any atom is -0.465 e. The van der Waals surface area contributed by atoms with E-state index in [4.69, 9.17) is 5.11 Å². The number of fused-ring (bicyclic) bond motifs is 1. The van der Waals surface area contributed by atoms with Crippen LogP contribution in [-0.2, 0) is 6.54 Å². The van der Waals surface area contributed by atoms with Crippen molar-refractivity contribution in [2.24, 2.45) is 0 Å². The van der Waals surface area contributed by atoms with E-state index in [9.17, 15) is 4.79 Å². The Morgan fingerprint density at radius 3 is 3.16 bits per heavy atom. The average molecular weight is 260 g/mol. The zero-order valence-electron chi connectivity index (χ0n) is 10.5. The quantitative estimate of drug-likeness (QED) is 0.844. The second-order valence-electron chi connectivity index (χ2n) is 4.77. The van der Waals surface area contributed by atoms with Crippen molar-refractivity contribution < 1.29 is 9.90 Å². The fourth-order valence-corrected chi connectivity index (χ4v) is 2.51. The maximum Gasteiger partial charge on any atom is 0.407 e. The van der Waals surface area contributed by atoms with Gasteiger partial charge in [-0.25, -0.2) is 9.78 Å². The summed E-state index contributed by atoms with van der Waals surface area (Å²) in [7, 11) is 0. The van der Waals surface area contributed by atoms with Gasteiger partial charge in [0.1, 0.15) is 0 Å². The molecule has 1 saturated heterocycles. The van der Waals surface area contributed by atoms with Gasteiger partial charge in [-0.05, 0) is 12.1 Å². The van der Waals surface area contributed by atoms with Crippen LogP contribution in [0.1, 0.15) is 0 Å². The molecule has 2 N–H and O–H groups in total. The Hall–Kier alpha value is -2.08. The van der Waals surface area contributed by atoms with Gasteiger partial charge in [-0.2, -0.15) is 0 Å². The minimum absolute atomic E-state index is 0.127. The summed E-state index contributed by atoms with van der Waals surface area (Å²) in [5, 5.41) is 12.4. The van der Waals surface area contributed by atoms with E-state index < -0.39 is 6.09 Å². The summed E-state index contributed by atoms with van der Waals surface area (Å²) in [6.45, 7) is 2.49. The van der Waals surface area contributed by atoms with Crippen LogP contribution in [0.5, 0.6) is 0 Å². The summed E-state index contributed by atoms with van der Waals surface area (Å²) in [6, 6.07) is 8.08. The molecule has 1 fully saturated rings. The van der Waals surface area contributed by atoms with E-state index in [1.54, 1.807) is 0 Å². The molecule has 1 aromatic heterocycles. The molecule has 1 aliphatic heterocycles. The first-order valence-corrected chi connectivity index (χ1v) is 6.35. The number of carboxylic acid groups (broad SMARTS) is 1. The number of amides is 1. The number of imidazole rings is 1. The summed E-state index contributed by atoms with van der Waals surface area (Å²) >= 11 is 0. The third-order valence-electron chi connectivity index (χ3n) is 3.47. The highest BCUT2D eigenvalue weighted by Crippen LogP contribution is 2.13. The maximum absolute atomic E-state index is 11.0. The predicted octanol–water partition coefficient (Wildman–Crippen LogP) is 0.988. The van der Waals surface area contributed by atoms with Gasteiger partial charge in [-0.3, -0.25) is 0 Å². The zero-order valence-corrected chi connectivity index (χ0v) is 10.5. The van der Waals surface area contributed by atoms with Crippen molar-refractivity contribution in [3.05, 3.63) is 30.6 Å². The second kappa shape index (κ2) is 4.89. The van der Waals surface area contributed by atoms with Crippen molar-refractivity contribution in [2.45, 2.75) is 12.6 Å². The number of piperazine rings is 1. The fourth-order valence-electron chi connectivity index (χ4n) is 2.51. The molecule has 3 rings (SSSR count). The van der Waals surface area contributed by atoms with E-state index in [0.717, 1.165) is 17.6 Å². The van der Waals surface area contributed by atoms with Gasteiger partial charge in [0.15, 0.2) is 0 Å². The second-order valence-corrected chi connectivity index (χ2v) is 4.77. The van der Waals surface area contributed by atoms with E-state index in [0.29, 0.717) is 19.6 Å². The number of nitrogens with one attached hydrogen (secondary N) is 1. The van der Waals surface area contributed by atoms with Gasteiger partial charge in [0, 0.05) is 32.2 Å². The molecule has 0 aliphatic carbocycles. The van der Waals surface area contributed by atoms with Gasteiger partial charge in [-0.15, -0.1) is 0 Å². The number of nitrogens with zero attached hydrogens (tertiary/aromatic N) is 3. The number of rotatable bonds is 2. The summed E-state index contributed by atoms with van der Waals surface area (Å²) in [5.74, 6) is 0. The molecule has 0 spiro atoms. The van der Waals surface area contributed by atoms with Gasteiger partial charge in [0.2, 0.25) is 0 Å². The molecular formula is C13H16N4O2. The normalized spacial score (nSPS) is 19.8. The lowest BCUT2D eigenvalue weighted by Gasteiger charge is -2.32. The van der Waals surface area contributed by atoms with Gasteiger partial charge in [-0.1, -0.05) is 12.1 Å². The van der Waals surface area contributed by atoms with Crippen LogP contribution in [0.3, 0.4) is 0 Å². The maximum atomic E-state index is 11.0.